The molecule has 0 radical (unpaired) electrons. The normalized spacial score (nSPS) is 20.6. The molecule has 1 aromatic heterocycles. The van der Waals surface area contributed by atoms with Gasteiger partial charge in [-0.15, -0.1) is 0 Å². The van der Waals surface area contributed by atoms with E-state index in [0.717, 1.165) is 118 Å². The van der Waals surface area contributed by atoms with Gasteiger partial charge in [0.2, 0.25) is 11.9 Å². The van der Waals surface area contributed by atoms with Crippen molar-refractivity contribution in [3.8, 4) is 16.9 Å². The standard InChI is InChI=1S/C39H47F3N8O2/c1-4-32(51)50-22-38(23-50)11-15-48(16-12-38)36-31-18-30(27-8-9-27)33(29-17-28(46-43-5-2)10-7-25(29)3)35(52-24-39(40,41)42)34(31)44-37(45-36)49-20-26(21-49)19-47-13-6-14-47/h4-5,7,10,17-18,26-27,46H,1,6,8-9,11-16,19-24H2,2-3H3/b43-5-. The van der Waals surface area contributed by atoms with Gasteiger partial charge < -0.3 is 24.3 Å². The van der Waals surface area contributed by atoms with Crippen LogP contribution in [0.25, 0.3) is 22.0 Å². The summed E-state index contributed by atoms with van der Waals surface area (Å²) < 4.78 is 48.0. The molecule has 5 aliphatic rings. The van der Waals surface area contributed by atoms with Gasteiger partial charge in [-0.2, -0.15) is 23.3 Å². The van der Waals surface area contributed by atoms with E-state index in [-0.39, 0.29) is 23.0 Å². The van der Waals surface area contributed by atoms with E-state index in [0.29, 0.717) is 22.9 Å². The van der Waals surface area contributed by atoms with Crippen LogP contribution < -0.4 is 20.0 Å². The molecular weight excluding hydrogens is 669 g/mol. The molecule has 4 aliphatic heterocycles. The first kappa shape index (κ1) is 34.7. The van der Waals surface area contributed by atoms with Crippen molar-refractivity contribution < 1.29 is 22.7 Å². The van der Waals surface area contributed by atoms with Crippen LogP contribution in [0, 0.1) is 18.3 Å². The summed E-state index contributed by atoms with van der Waals surface area (Å²) in [4.78, 5) is 31.3. The Labute approximate surface area is 302 Å². The zero-order valence-corrected chi connectivity index (χ0v) is 30.0. The van der Waals surface area contributed by atoms with Crippen LogP contribution in [-0.4, -0.2) is 104 Å². The number of likely N-dealkylation sites (tertiary alicyclic amines) is 2. The Morgan fingerprint density at radius 3 is 2.48 bits per heavy atom. The van der Waals surface area contributed by atoms with Gasteiger partial charge in [0.15, 0.2) is 12.4 Å². The van der Waals surface area contributed by atoms with Gasteiger partial charge in [-0.25, -0.2) is 4.98 Å². The number of carbonyl (C=O) groups excluding carboxylic acids is 1. The van der Waals surface area contributed by atoms with Crippen LogP contribution in [0.3, 0.4) is 0 Å². The molecule has 52 heavy (non-hydrogen) atoms. The second-order valence-corrected chi connectivity index (χ2v) is 15.4. The maximum absolute atomic E-state index is 14.0. The molecule has 5 fully saturated rings. The summed E-state index contributed by atoms with van der Waals surface area (Å²) in [5.41, 5.74) is 7.57. The van der Waals surface area contributed by atoms with Gasteiger partial charge in [0.05, 0.1) is 5.69 Å². The van der Waals surface area contributed by atoms with E-state index in [1.54, 1.807) is 6.21 Å². The lowest BCUT2D eigenvalue weighted by molar-refractivity contribution is -0.153. The number of anilines is 3. The maximum atomic E-state index is 14.0. The Morgan fingerprint density at radius 1 is 1.10 bits per heavy atom. The molecule has 1 spiro atoms. The molecule has 13 heteroatoms. The SMILES string of the molecule is C=CC(=O)N1CC2(CCN(c3nc(N4CC(CN5CCC5)C4)nc4c(OCC(F)(F)F)c(-c5cc(N/N=C\C)ccc5C)c(C5CC5)cc34)CC2)C1. The Morgan fingerprint density at radius 2 is 1.85 bits per heavy atom. The molecule has 276 valence electrons. The summed E-state index contributed by atoms with van der Waals surface area (Å²) >= 11 is 0. The van der Waals surface area contributed by atoms with Crippen LogP contribution >= 0.6 is 0 Å². The van der Waals surface area contributed by atoms with Crippen LogP contribution in [0.5, 0.6) is 5.75 Å². The van der Waals surface area contributed by atoms with Gasteiger partial charge in [-0.1, -0.05) is 12.6 Å². The molecule has 4 saturated heterocycles. The third kappa shape index (κ3) is 6.79. The number of carbonyl (C=O) groups is 1. The summed E-state index contributed by atoms with van der Waals surface area (Å²) in [5.74, 6) is 2.08. The van der Waals surface area contributed by atoms with E-state index in [2.05, 4.69) is 37.9 Å². The number of fused-ring (bicyclic) bond motifs is 1. The Hall–Kier alpha value is -4.39. The van der Waals surface area contributed by atoms with E-state index < -0.39 is 12.8 Å². The van der Waals surface area contributed by atoms with Gasteiger partial charge in [0.1, 0.15) is 11.3 Å². The molecule has 10 nitrogen and oxygen atoms in total. The minimum Gasteiger partial charge on any atom is -0.481 e. The van der Waals surface area contributed by atoms with Crippen molar-refractivity contribution in [1.82, 2.24) is 19.8 Å². The fourth-order valence-corrected chi connectivity index (χ4v) is 8.34. The van der Waals surface area contributed by atoms with E-state index in [1.165, 1.54) is 12.5 Å². The number of amides is 1. The quantitative estimate of drug-likeness (QED) is 0.135. The highest BCUT2D eigenvalue weighted by Crippen LogP contribution is 2.53. The van der Waals surface area contributed by atoms with Crippen molar-refractivity contribution in [2.75, 3.05) is 80.7 Å². The van der Waals surface area contributed by atoms with Crippen molar-refractivity contribution in [2.45, 2.75) is 58.0 Å². The van der Waals surface area contributed by atoms with Gasteiger partial charge in [-0.05, 0) is 106 Å². The Bertz CT molecular complexity index is 1880. The van der Waals surface area contributed by atoms with Gasteiger partial charge in [0.25, 0.3) is 0 Å². The number of hydrogen-bond donors (Lipinski definition) is 1. The van der Waals surface area contributed by atoms with Crippen LogP contribution in [0.15, 0.2) is 42.0 Å². The summed E-state index contributed by atoms with van der Waals surface area (Å²) in [6.07, 6.45) is 3.39. The van der Waals surface area contributed by atoms with Crippen LogP contribution in [0.2, 0.25) is 0 Å². The average molecular weight is 717 g/mol. The van der Waals surface area contributed by atoms with E-state index in [1.807, 2.05) is 36.9 Å². The molecule has 1 N–H and O–H groups in total. The van der Waals surface area contributed by atoms with Gasteiger partial charge in [0, 0.05) is 74.3 Å². The lowest BCUT2D eigenvalue weighted by Gasteiger charge is -2.54. The van der Waals surface area contributed by atoms with Gasteiger partial charge >= 0.3 is 6.18 Å². The number of nitrogens with one attached hydrogen (secondary N) is 1. The largest absolute Gasteiger partial charge is 0.481 e. The second-order valence-electron chi connectivity index (χ2n) is 15.4. The van der Waals surface area contributed by atoms with Crippen molar-refractivity contribution in [1.29, 1.82) is 0 Å². The van der Waals surface area contributed by atoms with Crippen molar-refractivity contribution in [3.05, 3.63) is 48.0 Å². The molecule has 3 aromatic rings. The molecule has 1 aliphatic carbocycles. The predicted octanol–water partition coefficient (Wildman–Crippen LogP) is 6.60. The third-order valence-corrected chi connectivity index (χ3v) is 11.5. The zero-order valence-electron chi connectivity index (χ0n) is 30.0. The number of aryl methyl sites for hydroxylation is 1. The summed E-state index contributed by atoms with van der Waals surface area (Å²) in [6.45, 7) is 13.8. The van der Waals surface area contributed by atoms with Crippen molar-refractivity contribution in [3.63, 3.8) is 0 Å². The number of alkyl halides is 3. The first-order valence-electron chi connectivity index (χ1n) is 18.6. The highest BCUT2D eigenvalue weighted by atomic mass is 19.4. The van der Waals surface area contributed by atoms with E-state index in [9.17, 15) is 18.0 Å². The monoisotopic (exact) mass is 716 g/mol. The third-order valence-electron chi connectivity index (χ3n) is 11.5. The smallest absolute Gasteiger partial charge is 0.422 e. The number of benzene rings is 2. The molecule has 0 atom stereocenters. The average Bonchev–Trinajstić information content (AvgIpc) is 3.92. The molecule has 1 amide bonds. The highest BCUT2D eigenvalue weighted by molar-refractivity contribution is 6.01. The lowest BCUT2D eigenvalue weighted by atomic mass is 9.72. The fraction of sp³-hybridized carbons (Fsp3) is 0.538. The van der Waals surface area contributed by atoms with Crippen LogP contribution in [0.1, 0.15) is 56.1 Å². The minimum absolute atomic E-state index is 0.0362. The molecular formula is C39H47F3N8O2. The number of hydrogen-bond acceptors (Lipinski definition) is 9. The number of rotatable bonds is 11. The first-order chi connectivity index (χ1) is 25.0. The van der Waals surface area contributed by atoms with E-state index >= 15 is 0 Å². The van der Waals surface area contributed by atoms with Crippen LogP contribution in [-0.2, 0) is 4.79 Å². The number of ether oxygens (including phenoxy) is 1. The maximum Gasteiger partial charge on any atom is 0.422 e. The topological polar surface area (TPSA) is 89.4 Å². The summed E-state index contributed by atoms with van der Waals surface area (Å²) in [7, 11) is 0. The number of hydrazone groups is 1. The summed E-state index contributed by atoms with van der Waals surface area (Å²) in [6, 6.07) is 7.95. The van der Waals surface area contributed by atoms with Crippen molar-refractivity contribution in [2.24, 2.45) is 16.4 Å². The molecule has 0 bridgehead atoms. The number of piperidine rings is 1. The highest BCUT2D eigenvalue weighted by Gasteiger charge is 2.47. The first-order valence-corrected chi connectivity index (χ1v) is 18.6. The number of nitrogens with zero attached hydrogens (tertiary/aromatic N) is 7. The Kier molecular flexibility index (Phi) is 9.03. The zero-order chi connectivity index (χ0) is 36.2. The number of aromatic nitrogens is 2. The molecule has 8 rings (SSSR count). The summed E-state index contributed by atoms with van der Waals surface area (Å²) in [5, 5.41) is 4.91. The molecule has 1 saturated carbocycles. The fourth-order valence-electron chi connectivity index (χ4n) is 8.34. The molecule has 0 unspecified atom stereocenters. The lowest BCUT2D eigenvalue weighted by Crippen LogP contribution is -2.61. The molecule has 2 aromatic carbocycles. The van der Waals surface area contributed by atoms with Crippen molar-refractivity contribution >= 4 is 40.5 Å². The van der Waals surface area contributed by atoms with Crippen LogP contribution in [0.4, 0.5) is 30.6 Å². The molecule has 5 heterocycles. The predicted molar refractivity (Wildman–Crippen MR) is 198 cm³/mol. The van der Waals surface area contributed by atoms with Gasteiger partial charge in [-0.3, -0.25) is 10.2 Å². The Balaban J connectivity index is 1.24. The number of halogens is 3. The second kappa shape index (κ2) is 13.5. The van der Waals surface area contributed by atoms with E-state index in [4.69, 9.17) is 14.7 Å². The minimum atomic E-state index is -4.54.